The molecule has 0 bridgehead atoms. The standard InChI is InChI=1S/C17H14O5/c1-20-14-6-3-10(7-16(14)21-2)13-9-22-15-8-11(18)4-5-12(15)17(13)19/h3-9,18H,1-2H3/i2T3. The van der Waals surface area contributed by atoms with E-state index in [4.69, 9.17) is 18.0 Å². The van der Waals surface area contributed by atoms with Crippen molar-refractivity contribution in [2.24, 2.45) is 0 Å². The summed E-state index contributed by atoms with van der Waals surface area (Å²) in [7, 11) is -1.27. The van der Waals surface area contributed by atoms with Crippen molar-refractivity contribution in [2.75, 3.05) is 14.1 Å². The van der Waals surface area contributed by atoms with Gasteiger partial charge < -0.3 is 19.0 Å². The molecule has 5 heteroatoms. The molecule has 0 amide bonds. The molecule has 1 heterocycles. The number of rotatable bonds is 3. The van der Waals surface area contributed by atoms with Crippen molar-refractivity contribution in [1.29, 1.82) is 0 Å². The maximum absolute atomic E-state index is 12.7. The fourth-order valence-corrected chi connectivity index (χ4v) is 2.24. The van der Waals surface area contributed by atoms with Crippen LogP contribution in [0.3, 0.4) is 0 Å². The Labute approximate surface area is 130 Å². The highest BCUT2D eigenvalue weighted by molar-refractivity contribution is 5.82. The highest BCUT2D eigenvalue weighted by atomic mass is 16.5. The molecule has 3 aromatic rings. The largest absolute Gasteiger partial charge is 0.508 e. The van der Waals surface area contributed by atoms with Crippen molar-refractivity contribution in [3.8, 4) is 28.4 Å². The number of ether oxygens (including phenoxy) is 2. The van der Waals surface area contributed by atoms with Crippen LogP contribution in [0.25, 0.3) is 22.1 Å². The van der Waals surface area contributed by atoms with Gasteiger partial charge in [0.25, 0.3) is 0 Å². The number of benzene rings is 2. The van der Waals surface area contributed by atoms with Gasteiger partial charge in [0, 0.05) is 6.07 Å². The Kier molecular flexibility index (Phi) is 2.65. The Morgan fingerprint density at radius 1 is 1.14 bits per heavy atom. The van der Waals surface area contributed by atoms with Crippen LogP contribution in [0.1, 0.15) is 4.11 Å². The molecule has 0 radical (unpaired) electrons. The summed E-state index contributed by atoms with van der Waals surface area (Å²) in [5, 5.41) is 9.76. The second kappa shape index (κ2) is 5.44. The van der Waals surface area contributed by atoms with Crippen LogP contribution in [0.4, 0.5) is 0 Å². The van der Waals surface area contributed by atoms with Crippen LogP contribution in [-0.4, -0.2) is 19.3 Å². The summed E-state index contributed by atoms with van der Waals surface area (Å²) >= 11 is 0. The summed E-state index contributed by atoms with van der Waals surface area (Å²) in [5.74, 6) is 0.210. The monoisotopic (exact) mass is 304 g/mol. The number of hydrogen-bond donors (Lipinski definition) is 1. The van der Waals surface area contributed by atoms with E-state index in [-0.39, 0.29) is 33.8 Å². The number of phenolic OH excluding ortho intramolecular Hbond substituents is 1. The first kappa shape index (κ1) is 10.7. The lowest BCUT2D eigenvalue weighted by molar-refractivity contribution is 0.355. The molecule has 0 unspecified atom stereocenters. The van der Waals surface area contributed by atoms with Crippen molar-refractivity contribution < 1.29 is 23.1 Å². The third kappa shape index (κ3) is 2.26. The molecule has 0 saturated carbocycles. The summed E-state index contributed by atoms with van der Waals surface area (Å²) in [4.78, 5) is 12.7. The van der Waals surface area contributed by atoms with Crippen LogP contribution in [0.15, 0.2) is 51.9 Å². The van der Waals surface area contributed by atoms with Gasteiger partial charge in [0.1, 0.15) is 17.6 Å². The molecule has 5 nitrogen and oxygen atoms in total. The maximum Gasteiger partial charge on any atom is 0.200 e. The summed E-state index contributed by atoms with van der Waals surface area (Å²) in [6.07, 6.45) is 1.25. The van der Waals surface area contributed by atoms with E-state index < -0.39 is 7.04 Å². The number of aromatic hydroxyl groups is 1. The topological polar surface area (TPSA) is 68.9 Å². The van der Waals surface area contributed by atoms with Gasteiger partial charge in [0.2, 0.25) is 0 Å². The van der Waals surface area contributed by atoms with Crippen molar-refractivity contribution >= 4 is 11.0 Å². The zero-order chi connectivity index (χ0) is 18.2. The lowest BCUT2D eigenvalue weighted by Crippen LogP contribution is -2.04. The van der Waals surface area contributed by atoms with Gasteiger partial charge >= 0.3 is 0 Å². The van der Waals surface area contributed by atoms with Crippen LogP contribution >= 0.6 is 0 Å². The predicted molar refractivity (Wildman–Crippen MR) is 82.7 cm³/mol. The normalized spacial score (nSPS) is 13.2. The lowest BCUT2D eigenvalue weighted by Gasteiger charge is -2.09. The molecule has 0 spiro atoms. The summed E-state index contributed by atoms with van der Waals surface area (Å²) < 4.78 is 37.2. The van der Waals surface area contributed by atoms with Crippen LogP contribution in [0.2, 0.25) is 0 Å². The average Bonchev–Trinajstić information content (AvgIpc) is 2.53. The van der Waals surface area contributed by atoms with Crippen molar-refractivity contribution in [2.45, 2.75) is 0 Å². The molecule has 0 aliphatic rings. The smallest absolute Gasteiger partial charge is 0.200 e. The third-order valence-electron chi connectivity index (χ3n) is 3.34. The van der Waals surface area contributed by atoms with Gasteiger partial charge in [-0.2, -0.15) is 0 Å². The van der Waals surface area contributed by atoms with Gasteiger partial charge in [-0.25, -0.2) is 0 Å². The van der Waals surface area contributed by atoms with Crippen LogP contribution in [-0.2, 0) is 0 Å². The molecule has 3 rings (SSSR count). The van der Waals surface area contributed by atoms with Gasteiger partial charge in [-0.1, -0.05) is 6.07 Å². The van der Waals surface area contributed by atoms with Gasteiger partial charge in [-0.05, 0) is 29.8 Å². The molecule has 0 fully saturated rings. The summed E-state index contributed by atoms with van der Waals surface area (Å²) in [6, 6.07) is 8.71. The summed E-state index contributed by atoms with van der Waals surface area (Å²) in [6.45, 7) is 0. The minimum Gasteiger partial charge on any atom is -0.508 e. The van der Waals surface area contributed by atoms with Gasteiger partial charge in [0.15, 0.2) is 16.9 Å². The number of fused-ring (bicyclic) bond motifs is 1. The van der Waals surface area contributed by atoms with Gasteiger partial charge in [-0.15, -0.1) is 0 Å². The highest BCUT2D eigenvalue weighted by Crippen LogP contribution is 2.32. The van der Waals surface area contributed by atoms with Crippen molar-refractivity contribution in [1.82, 2.24) is 0 Å². The molecule has 0 aliphatic carbocycles. The Bertz CT molecular complexity index is 992. The molecule has 0 saturated heterocycles. The Balaban J connectivity index is 2.15. The Morgan fingerprint density at radius 2 is 2.00 bits per heavy atom. The first-order chi connectivity index (χ1) is 11.8. The molecule has 1 aromatic heterocycles. The van der Waals surface area contributed by atoms with Crippen LogP contribution in [0, 0.1) is 0 Å². The Hall–Kier alpha value is -2.95. The minimum absolute atomic E-state index is 0.00907. The SMILES string of the molecule is [3H]C([3H])([3H])Oc1cc(-c2coc3cc(O)ccc3c2=O)ccc1OC. The quantitative estimate of drug-likeness (QED) is 0.805. The van der Waals surface area contributed by atoms with E-state index in [1.807, 2.05) is 0 Å². The van der Waals surface area contributed by atoms with Gasteiger partial charge in [0.05, 0.1) is 29.2 Å². The molecule has 2 aromatic carbocycles. The van der Waals surface area contributed by atoms with E-state index in [0.29, 0.717) is 10.9 Å². The molecule has 1 N–H and O–H groups in total. The zero-order valence-corrected chi connectivity index (χ0v) is 11.6. The van der Waals surface area contributed by atoms with E-state index in [0.717, 1.165) is 0 Å². The number of phenols is 1. The van der Waals surface area contributed by atoms with Crippen molar-refractivity contribution in [3.05, 3.63) is 52.9 Å². The molecule has 0 atom stereocenters. The fraction of sp³-hybridized carbons (Fsp3) is 0.118. The van der Waals surface area contributed by atoms with Gasteiger partial charge in [-0.3, -0.25) is 4.79 Å². The molecule has 22 heavy (non-hydrogen) atoms. The second-order valence-corrected chi connectivity index (χ2v) is 4.63. The lowest BCUT2D eigenvalue weighted by atomic mass is 10.0. The first-order valence-corrected chi connectivity index (χ1v) is 6.40. The van der Waals surface area contributed by atoms with Crippen LogP contribution in [0.5, 0.6) is 17.2 Å². The van der Waals surface area contributed by atoms with E-state index in [1.165, 1.54) is 43.7 Å². The predicted octanol–water partition coefficient (Wildman–Crippen LogP) is 3.18. The zero-order valence-electron chi connectivity index (χ0n) is 14.6. The second-order valence-electron chi connectivity index (χ2n) is 4.63. The van der Waals surface area contributed by atoms with E-state index in [9.17, 15) is 9.90 Å². The number of methoxy groups -OCH3 is 2. The molecule has 0 aliphatic heterocycles. The van der Waals surface area contributed by atoms with E-state index >= 15 is 0 Å². The molecular weight excluding hydrogens is 284 g/mol. The average molecular weight is 304 g/mol. The third-order valence-corrected chi connectivity index (χ3v) is 3.34. The van der Waals surface area contributed by atoms with Crippen LogP contribution < -0.4 is 14.9 Å². The number of hydrogen-bond acceptors (Lipinski definition) is 5. The molecule has 112 valence electrons. The molecular formula is C17H14O5. The Morgan fingerprint density at radius 3 is 2.77 bits per heavy atom. The van der Waals surface area contributed by atoms with E-state index in [1.54, 1.807) is 6.07 Å². The first-order valence-electron chi connectivity index (χ1n) is 7.90. The minimum atomic E-state index is -2.66. The van der Waals surface area contributed by atoms with E-state index in [2.05, 4.69) is 0 Å². The summed E-state index contributed by atoms with van der Waals surface area (Å²) in [5.41, 5.74) is 0.590. The highest BCUT2D eigenvalue weighted by Gasteiger charge is 2.12. The van der Waals surface area contributed by atoms with Crippen molar-refractivity contribution in [3.63, 3.8) is 0 Å². The maximum atomic E-state index is 12.7. The fourth-order valence-electron chi connectivity index (χ4n) is 2.24.